The quantitative estimate of drug-likeness (QED) is 0.0195. The number of nitrogens with one attached hydrogen (secondary N) is 1. The van der Waals surface area contributed by atoms with Gasteiger partial charge in [-0.25, -0.2) is 0 Å². The van der Waals surface area contributed by atoms with Gasteiger partial charge < -0.3 is 45.1 Å². The van der Waals surface area contributed by atoms with Crippen molar-refractivity contribution in [3.63, 3.8) is 0 Å². The van der Waals surface area contributed by atoms with E-state index in [0.29, 0.717) is 19.4 Å². The van der Waals surface area contributed by atoms with Crippen LogP contribution in [0.3, 0.4) is 0 Å². The van der Waals surface area contributed by atoms with Crippen molar-refractivity contribution in [2.75, 3.05) is 19.8 Å². The minimum atomic E-state index is -1.58. The molecule has 1 saturated heterocycles. The number of allylic oxidation sites excluding steroid dienone is 5. The molecule has 0 radical (unpaired) electrons. The summed E-state index contributed by atoms with van der Waals surface area (Å²) >= 11 is 0. The van der Waals surface area contributed by atoms with Gasteiger partial charge in [-0.3, -0.25) is 9.59 Å². The van der Waals surface area contributed by atoms with E-state index >= 15 is 0 Å². The number of carbonyl (C=O) groups excluding carboxylic acids is 2. The van der Waals surface area contributed by atoms with Crippen LogP contribution < -0.4 is 5.32 Å². The molecule has 11 nitrogen and oxygen atoms in total. The van der Waals surface area contributed by atoms with Crippen LogP contribution in [0.2, 0.25) is 0 Å². The Balaban J connectivity index is 1.93. The molecular weight excluding hydrogens is 1110 g/mol. The lowest BCUT2D eigenvalue weighted by atomic mass is 9.99. The fourth-order valence-electron chi connectivity index (χ4n) is 12.4. The van der Waals surface area contributed by atoms with E-state index in [1.54, 1.807) is 6.08 Å². The average molecular weight is 1260 g/mol. The molecule has 7 atom stereocenters. The van der Waals surface area contributed by atoms with E-state index in [1.807, 2.05) is 6.08 Å². The van der Waals surface area contributed by atoms with E-state index in [1.165, 1.54) is 295 Å². The molecule has 0 aromatic heterocycles. The molecular formula is C78H147NO10. The summed E-state index contributed by atoms with van der Waals surface area (Å²) in [5.74, 6) is -0.173. The number of aliphatic hydroxyl groups is 5. The van der Waals surface area contributed by atoms with Gasteiger partial charge in [0.2, 0.25) is 5.91 Å². The summed E-state index contributed by atoms with van der Waals surface area (Å²) in [6.45, 7) is 4.36. The van der Waals surface area contributed by atoms with E-state index in [2.05, 4.69) is 43.5 Å². The number of hydrogen-bond donors (Lipinski definition) is 6. The van der Waals surface area contributed by atoms with Crippen molar-refractivity contribution in [1.82, 2.24) is 5.32 Å². The number of amides is 1. The number of esters is 1. The number of aliphatic hydroxyl groups excluding tert-OH is 5. The minimum absolute atomic E-state index is 0.0158. The summed E-state index contributed by atoms with van der Waals surface area (Å²) in [4.78, 5) is 25.1. The molecule has 11 heteroatoms. The maximum Gasteiger partial charge on any atom is 0.305 e. The van der Waals surface area contributed by atoms with Crippen molar-refractivity contribution in [3.05, 3.63) is 36.5 Å². The van der Waals surface area contributed by atoms with Crippen molar-refractivity contribution >= 4 is 11.9 Å². The Morgan fingerprint density at radius 2 is 0.730 bits per heavy atom. The van der Waals surface area contributed by atoms with Gasteiger partial charge in [0.05, 0.1) is 32.0 Å². The molecule has 6 N–H and O–H groups in total. The summed E-state index contributed by atoms with van der Waals surface area (Å²) in [5, 5.41) is 54.6. The third-order valence-electron chi connectivity index (χ3n) is 18.5. The fourth-order valence-corrected chi connectivity index (χ4v) is 12.4. The van der Waals surface area contributed by atoms with Crippen LogP contribution in [0.25, 0.3) is 0 Å². The maximum atomic E-state index is 13.1. The molecule has 0 aliphatic carbocycles. The fraction of sp³-hybridized carbons (Fsp3) is 0.897. The van der Waals surface area contributed by atoms with Gasteiger partial charge in [0.15, 0.2) is 6.29 Å². The summed E-state index contributed by atoms with van der Waals surface area (Å²) in [7, 11) is 0. The smallest absolute Gasteiger partial charge is 0.305 e. The molecule has 0 bridgehead atoms. The lowest BCUT2D eigenvalue weighted by molar-refractivity contribution is -0.302. The second-order valence-electron chi connectivity index (χ2n) is 27.1. The number of hydrogen-bond acceptors (Lipinski definition) is 10. The molecule has 0 aromatic carbocycles. The van der Waals surface area contributed by atoms with Gasteiger partial charge in [-0.15, -0.1) is 0 Å². The van der Waals surface area contributed by atoms with Gasteiger partial charge >= 0.3 is 5.97 Å². The summed E-state index contributed by atoms with van der Waals surface area (Å²) in [6.07, 6.45) is 77.4. The number of ether oxygens (including phenoxy) is 3. The highest BCUT2D eigenvalue weighted by atomic mass is 16.7. The number of unbranched alkanes of at least 4 members (excludes halogenated alkanes) is 51. The van der Waals surface area contributed by atoms with Crippen LogP contribution in [0, 0.1) is 0 Å². The van der Waals surface area contributed by atoms with E-state index in [9.17, 15) is 35.1 Å². The summed E-state index contributed by atoms with van der Waals surface area (Å²) < 4.78 is 16.8. The highest BCUT2D eigenvalue weighted by molar-refractivity contribution is 5.76. The first-order chi connectivity index (χ1) is 43.7. The zero-order valence-corrected chi connectivity index (χ0v) is 58.4. The Morgan fingerprint density at radius 1 is 0.404 bits per heavy atom. The highest BCUT2D eigenvalue weighted by Gasteiger charge is 2.44. The van der Waals surface area contributed by atoms with Crippen LogP contribution in [-0.2, 0) is 23.8 Å². The van der Waals surface area contributed by atoms with Gasteiger partial charge in [0.1, 0.15) is 24.4 Å². The predicted molar refractivity (Wildman–Crippen MR) is 375 cm³/mol. The normalized spacial score (nSPS) is 17.9. The van der Waals surface area contributed by atoms with Crippen LogP contribution in [0.5, 0.6) is 0 Å². The zero-order valence-electron chi connectivity index (χ0n) is 58.4. The van der Waals surface area contributed by atoms with Crippen molar-refractivity contribution in [1.29, 1.82) is 0 Å². The average Bonchev–Trinajstić information content (AvgIpc) is 2.74. The predicted octanol–water partition coefficient (Wildman–Crippen LogP) is 20.5. The first-order valence-electron chi connectivity index (χ1n) is 38.8. The molecule has 1 rings (SSSR count). The minimum Gasteiger partial charge on any atom is -0.466 e. The largest absolute Gasteiger partial charge is 0.466 e. The molecule has 7 unspecified atom stereocenters. The molecule has 89 heavy (non-hydrogen) atoms. The van der Waals surface area contributed by atoms with Gasteiger partial charge in [0, 0.05) is 12.8 Å². The molecule has 0 spiro atoms. The highest BCUT2D eigenvalue weighted by Crippen LogP contribution is 2.24. The monoisotopic (exact) mass is 1260 g/mol. The first-order valence-corrected chi connectivity index (χ1v) is 38.8. The van der Waals surface area contributed by atoms with Crippen molar-refractivity contribution in [3.8, 4) is 0 Å². The van der Waals surface area contributed by atoms with E-state index in [4.69, 9.17) is 14.2 Å². The van der Waals surface area contributed by atoms with Gasteiger partial charge in [-0.05, 0) is 57.8 Å². The zero-order chi connectivity index (χ0) is 64.4. The van der Waals surface area contributed by atoms with Gasteiger partial charge in [-0.1, -0.05) is 352 Å². The third kappa shape index (κ3) is 56.0. The van der Waals surface area contributed by atoms with Gasteiger partial charge in [-0.2, -0.15) is 0 Å². The first kappa shape index (κ1) is 84.9. The Labute approximate surface area is 549 Å². The van der Waals surface area contributed by atoms with Crippen LogP contribution in [0.15, 0.2) is 36.5 Å². The molecule has 1 amide bonds. The topological polar surface area (TPSA) is 175 Å². The molecule has 1 fully saturated rings. The standard InChI is InChI=1S/C78H147NO10/c1-3-5-7-9-11-13-15-16-38-41-45-48-52-56-60-64-71(81)70(69-88-78-77(86)76(85)75(84)72(68-80)89-78)79-73(82)65-61-57-53-49-46-42-39-36-34-32-30-28-26-24-22-20-18-17-19-21-23-25-27-29-31-33-35-37-40-43-47-51-55-59-63-67-87-74(83)66-62-58-54-50-44-14-12-10-8-6-4-2/h15-16,45,48,60,64,70-72,75-78,80-81,84-86H,3-14,17-44,46-47,49-59,61-63,65-69H2,1-2H3,(H,79,82)/b16-15+,48-45+,64-60+. The molecule has 0 saturated carbocycles. The Kier molecular flexibility index (Phi) is 64.2. The van der Waals surface area contributed by atoms with Crippen LogP contribution in [0.4, 0.5) is 0 Å². The maximum absolute atomic E-state index is 13.1. The Hall–Kier alpha value is -2.12. The van der Waals surface area contributed by atoms with Crippen LogP contribution in [-0.4, -0.2) is 100 Å². The van der Waals surface area contributed by atoms with E-state index in [-0.39, 0.29) is 18.5 Å². The lowest BCUT2D eigenvalue weighted by Gasteiger charge is -2.40. The Morgan fingerprint density at radius 3 is 1.11 bits per heavy atom. The second kappa shape index (κ2) is 67.3. The molecule has 1 heterocycles. The van der Waals surface area contributed by atoms with Crippen molar-refractivity contribution < 1.29 is 49.3 Å². The van der Waals surface area contributed by atoms with Crippen molar-refractivity contribution in [2.45, 2.75) is 429 Å². The summed E-state index contributed by atoms with van der Waals surface area (Å²) in [5.41, 5.74) is 0. The number of carbonyl (C=O) groups is 2. The Bertz CT molecular complexity index is 1570. The number of rotatable bonds is 69. The third-order valence-corrected chi connectivity index (χ3v) is 18.5. The van der Waals surface area contributed by atoms with Crippen molar-refractivity contribution in [2.24, 2.45) is 0 Å². The van der Waals surface area contributed by atoms with E-state index < -0.39 is 49.5 Å². The van der Waals surface area contributed by atoms with Crippen LogP contribution >= 0.6 is 0 Å². The van der Waals surface area contributed by atoms with E-state index in [0.717, 1.165) is 64.2 Å². The molecule has 0 aromatic rings. The SMILES string of the molecule is CCCCCCC/C=C/CC/C=C/CC/C=C/C(O)C(COC1OC(CO)C(O)C(O)C1O)NC(=O)CCCCCCCCCCCCCCCCCCCCCCCCCCCCCCCCCCCCCOC(=O)CCCCCCCCCCCCC. The summed E-state index contributed by atoms with van der Waals surface area (Å²) in [6, 6.07) is -0.831. The molecule has 1 aliphatic rings. The lowest BCUT2D eigenvalue weighted by Crippen LogP contribution is -2.60. The molecule has 1 aliphatic heterocycles. The molecule has 524 valence electrons. The van der Waals surface area contributed by atoms with Crippen LogP contribution in [0.1, 0.15) is 386 Å². The second-order valence-corrected chi connectivity index (χ2v) is 27.1. The van der Waals surface area contributed by atoms with Gasteiger partial charge in [0.25, 0.3) is 0 Å².